The van der Waals surface area contributed by atoms with Crippen molar-refractivity contribution in [1.82, 2.24) is 0 Å². The molecule has 0 spiro atoms. The van der Waals surface area contributed by atoms with Crippen LogP contribution in [0.3, 0.4) is 0 Å². The molecule has 0 aromatic heterocycles. The minimum absolute atomic E-state index is 0.000899. The molecule has 2 rings (SSSR count). The maximum absolute atomic E-state index is 12.3. The predicted octanol–water partition coefficient (Wildman–Crippen LogP) is 4.22. The van der Waals surface area contributed by atoms with E-state index in [-0.39, 0.29) is 26.4 Å². The summed E-state index contributed by atoms with van der Waals surface area (Å²) in [5.41, 5.74) is 0.604. The Balaban J connectivity index is 1.99. The van der Waals surface area contributed by atoms with Gasteiger partial charge in [-0.25, -0.2) is 13.6 Å². The summed E-state index contributed by atoms with van der Waals surface area (Å²) in [5, 5.41) is 7.63. The number of sulfonamides is 1. The van der Waals surface area contributed by atoms with Crippen LogP contribution in [-0.2, 0) is 14.8 Å². The fourth-order valence-corrected chi connectivity index (χ4v) is 3.91. The summed E-state index contributed by atoms with van der Waals surface area (Å²) in [6, 6.07) is 8.52. The van der Waals surface area contributed by atoms with E-state index >= 15 is 0 Å². The molecule has 0 aliphatic heterocycles. The van der Waals surface area contributed by atoms with Gasteiger partial charge in [-0.2, -0.15) is 0 Å². The van der Waals surface area contributed by atoms with Gasteiger partial charge in [0.1, 0.15) is 0 Å². The lowest BCUT2D eigenvalue weighted by atomic mass is 10.3. The van der Waals surface area contributed by atoms with E-state index in [1.54, 1.807) is 18.2 Å². The highest BCUT2D eigenvalue weighted by Crippen LogP contribution is 2.33. The lowest BCUT2D eigenvalue weighted by molar-refractivity contribution is -0.113. The van der Waals surface area contributed by atoms with Crippen LogP contribution in [0.4, 0.5) is 16.2 Å². The van der Waals surface area contributed by atoms with Gasteiger partial charge < -0.3 is 10.2 Å². The Morgan fingerprint density at radius 3 is 2.43 bits per heavy atom. The molecule has 7 nitrogen and oxygen atoms in total. The molecule has 0 radical (unpaired) electrons. The standard InChI is InChI=1S/C16H14Cl3N3O4S2/c1-22(13-4-2-3-10(17)15(13)19)16(24)27-8-14(23)21-12-6-5-9(7-11(12)18)28(20,25)26/h2-7H,8H2,1H3,(H,21,23)(H2,20,25,26). The van der Waals surface area contributed by atoms with Gasteiger partial charge in [-0.3, -0.25) is 9.59 Å². The fourth-order valence-electron chi connectivity index (χ4n) is 2.03. The third kappa shape index (κ3) is 5.76. The van der Waals surface area contributed by atoms with E-state index in [1.165, 1.54) is 24.1 Å². The van der Waals surface area contributed by atoms with Gasteiger partial charge in [0.2, 0.25) is 15.9 Å². The highest BCUT2D eigenvalue weighted by molar-refractivity contribution is 8.14. The summed E-state index contributed by atoms with van der Waals surface area (Å²) < 4.78 is 22.6. The van der Waals surface area contributed by atoms with E-state index < -0.39 is 21.2 Å². The van der Waals surface area contributed by atoms with Crippen LogP contribution < -0.4 is 15.4 Å². The van der Waals surface area contributed by atoms with E-state index in [4.69, 9.17) is 39.9 Å². The first-order chi connectivity index (χ1) is 13.0. The number of nitrogens with two attached hydrogens (primary N) is 1. The number of amides is 2. The van der Waals surface area contributed by atoms with E-state index in [9.17, 15) is 18.0 Å². The Labute approximate surface area is 181 Å². The summed E-state index contributed by atoms with van der Waals surface area (Å²) in [4.78, 5) is 25.5. The number of primary sulfonamides is 1. The molecule has 0 heterocycles. The molecule has 2 aromatic rings. The van der Waals surface area contributed by atoms with Gasteiger partial charge >= 0.3 is 0 Å². The number of carbonyl (C=O) groups excluding carboxylic acids is 2. The molecule has 3 N–H and O–H groups in total. The monoisotopic (exact) mass is 481 g/mol. The summed E-state index contributed by atoms with van der Waals surface area (Å²) in [7, 11) is -2.40. The largest absolute Gasteiger partial charge is 0.324 e. The molecule has 0 aliphatic carbocycles. The number of halogens is 3. The molecule has 28 heavy (non-hydrogen) atoms. The summed E-state index contributed by atoms with van der Waals surface area (Å²) >= 11 is 18.7. The number of hydrogen-bond donors (Lipinski definition) is 2. The number of rotatable bonds is 5. The maximum atomic E-state index is 12.3. The van der Waals surface area contributed by atoms with Crippen LogP contribution in [0.5, 0.6) is 0 Å². The number of nitrogens with one attached hydrogen (secondary N) is 1. The zero-order chi connectivity index (χ0) is 21.1. The highest BCUT2D eigenvalue weighted by Gasteiger charge is 2.18. The molecule has 0 bridgehead atoms. The quantitative estimate of drug-likeness (QED) is 0.663. The molecule has 0 saturated carbocycles. The summed E-state index contributed by atoms with van der Waals surface area (Å²) in [5.74, 6) is -0.705. The smallest absolute Gasteiger partial charge is 0.286 e. The molecule has 0 aliphatic rings. The molecular formula is C16H14Cl3N3O4S2. The lowest BCUT2D eigenvalue weighted by Crippen LogP contribution is -2.24. The average molecular weight is 483 g/mol. The zero-order valence-electron chi connectivity index (χ0n) is 14.3. The van der Waals surface area contributed by atoms with Gasteiger partial charge in [0.25, 0.3) is 5.24 Å². The lowest BCUT2D eigenvalue weighted by Gasteiger charge is -2.18. The van der Waals surface area contributed by atoms with Gasteiger partial charge in [0, 0.05) is 7.05 Å². The van der Waals surface area contributed by atoms with Crippen molar-refractivity contribution in [2.45, 2.75) is 4.90 Å². The molecule has 2 aromatic carbocycles. The number of thioether (sulfide) groups is 1. The predicted molar refractivity (Wildman–Crippen MR) is 114 cm³/mol. The zero-order valence-corrected chi connectivity index (χ0v) is 18.2. The van der Waals surface area contributed by atoms with E-state index in [1.807, 2.05) is 0 Å². The normalized spacial score (nSPS) is 11.2. The molecule has 0 unspecified atom stereocenters. The molecule has 0 fully saturated rings. The Morgan fingerprint density at radius 2 is 1.82 bits per heavy atom. The van der Waals surface area contributed by atoms with Crippen LogP contribution in [0.1, 0.15) is 0 Å². The van der Waals surface area contributed by atoms with Crippen molar-refractivity contribution in [3.8, 4) is 0 Å². The van der Waals surface area contributed by atoms with E-state index in [2.05, 4.69) is 5.32 Å². The van der Waals surface area contributed by atoms with Crippen LogP contribution >= 0.6 is 46.6 Å². The maximum Gasteiger partial charge on any atom is 0.286 e. The van der Waals surface area contributed by atoms with Gasteiger partial charge in [-0.1, -0.05) is 52.6 Å². The van der Waals surface area contributed by atoms with Crippen LogP contribution in [0, 0.1) is 0 Å². The van der Waals surface area contributed by atoms with Crippen LogP contribution in [0.25, 0.3) is 0 Å². The fraction of sp³-hybridized carbons (Fsp3) is 0.125. The highest BCUT2D eigenvalue weighted by atomic mass is 35.5. The van der Waals surface area contributed by atoms with Crippen LogP contribution in [0.15, 0.2) is 41.3 Å². The van der Waals surface area contributed by atoms with Crippen molar-refractivity contribution >= 4 is 79.1 Å². The molecule has 150 valence electrons. The number of carbonyl (C=O) groups is 2. The Bertz CT molecular complexity index is 1030. The molecule has 0 atom stereocenters. The van der Waals surface area contributed by atoms with Crippen molar-refractivity contribution in [3.05, 3.63) is 51.5 Å². The average Bonchev–Trinajstić information content (AvgIpc) is 2.62. The number of nitrogens with zero attached hydrogens (tertiary/aromatic N) is 1. The Hall–Kier alpha value is -1.49. The number of anilines is 2. The SMILES string of the molecule is CN(C(=O)SCC(=O)Nc1ccc(S(N)(=O)=O)cc1Cl)c1cccc(Cl)c1Cl. The van der Waals surface area contributed by atoms with E-state index in [0.717, 1.165) is 17.8 Å². The van der Waals surface area contributed by atoms with Crippen molar-refractivity contribution < 1.29 is 18.0 Å². The Kier molecular flexibility index (Phi) is 7.60. The molecule has 12 heteroatoms. The first-order valence-electron chi connectivity index (χ1n) is 7.47. The molecule has 2 amide bonds. The second kappa shape index (κ2) is 9.34. The van der Waals surface area contributed by atoms with Crippen molar-refractivity contribution in [2.24, 2.45) is 5.14 Å². The van der Waals surface area contributed by atoms with Crippen molar-refractivity contribution in [2.75, 3.05) is 23.0 Å². The third-order valence-corrected chi connectivity index (χ3v) is 6.40. The second-order valence-corrected chi connectivity index (χ2v) is 9.10. The summed E-state index contributed by atoms with van der Waals surface area (Å²) in [6.45, 7) is 0. The number of benzene rings is 2. The first-order valence-corrected chi connectivity index (χ1v) is 11.1. The molecule has 0 saturated heterocycles. The topological polar surface area (TPSA) is 110 Å². The van der Waals surface area contributed by atoms with Crippen LogP contribution in [0.2, 0.25) is 15.1 Å². The summed E-state index contributed by atoms with van der Waals surface area (Å²) in [6.07, 6.45) is 0. The third-order valence-electron chi connectivity index (χ3n) is 3.44. The van der Waals surface area contributed by atoms with Gasteiger partial charge in [0.05, 0.1) is 37.1 Å². The van der Waals surface area contributed by atoms with E-state index in [0.29, 0.717) is 10.7 Å². The van der Waals surface area contributed by atoms with Gasteiger partial charge in [-0.15, -0.1) is 0 Å². The van der Waals surface area contributed by atoms with Crippen molar-refractivity contribution in [3.63, 3.8) is 0 Å². The first kappa shape index (κ1) is 22.8. The minimum Gasteiger partial charge on any atom is -0.324 e. The second-order valence-electron chi connectivity index (χ2n) is 5.42. The number of hydrogen-bond acceptors (Lipinski definition) is 5. The van der Waals surface area contributed by atoms with Gasteiger partial charge in [-0.05, 0) is 30.3 Å². The van der Waals surface area contributed by atoms with Crippen molar-refractivity contribution in [1.29, 1.82) is 0 Å². The Morgan fingerprint density at radius 1 is 1.14 bits per heavy atom. The van der Waals surface area contributed by atoms with Gasteiger partial charge in [0.15, 0.2) is 0 Å². The molecular weight excluding hydrogens is 469 g/mol. The van der Waals surface area contributed by atoms with Crippen LogP contribution in [-0.4, -0.2) is 32.4 Å². The minimum atomic E-state index is -3.91.